The van der Waals surface area contributed by atoms with Gasteiger partial charge in [0.2, 0.25) is 5.91 Å². The molecule has 0 unspecified atom stereocenters. The van der Waals surface area contributed by atoms with Crippen molar-refractivity contribution < 1.29 is 18.0 Å². The average molecular weight is 306 g/mol. The molecule has 0 aromatic carbocycles. The number of nitrogens with zero attached hydrogens (tertiary/aromatic N) is 1. The Hall–Kier alpha value is -1.04. The predicted molar refractivity (Wildman–Crippen MR) is 76.9 cm³/mol. The zero-order valence-corrected chi connectivity index (χ0v) is 12.8. The van der Waals surface area contributed by atoms with Gasteiger partial charge in [0.25, 0.3) is 0 Å². The van der Waals surface area contributed by atoms with Gasteiger partial charge in [-0.05, 0) is 45.6 Å². The van der Waals surface area contributed by atoms with Crippen molar-refractivity contribution in [2.45, 2.75) is 45.7 Å². The summed E-state index contributed by atoms with van der Waals surface area (Å²) < 4.78 is 36.7. The maximum absolute atomic E-state index is 12.2. The third kappa shape index (κ3) is 8.75. The smallest absolute Gasteiger partial charge is 0.353 e. The van der Waals surface area contributed by atoms with Gasteiger partial charge in [0.15, 0.2) is 0 Å². The molecule has 0 spiro atoms. The van der Waals surface area contributed by atoms with Gasteiger partial charge >= 0.3 is 6.18 Å². The van der Waals surface area contributed by atoms with Gasteiger partial charge < -0.3 is 10.2 Å². The first-order valence-corrected chi connectivity index (χ1v) is 7.48. The third-order valence-corrected chi connectivity index (χ3v) is 3.59. The number of rotatable bonds is 6. The number of alkyl halides is 3. The molecule has 0 aliphatic carbocycles. The number of likely N-dealkylation sites (tertiary alicyclic amines) is 1. The Morgan fingerprint density at radius 3 is 2.71 bits per heavy atom. The van der Waals surface area contributed by atoms with Crippen LogP contribution in [0.25, 0.3) is 0 Å². The van der Waals surface area contributed by atoms with E-state index in [4.69, 9.17) is 0 Å². The summed E-state index contributed by atoms with van der Waals surface area (Å²) in [4.78, 5) is 13.3. The number of hydrogen-bond donors (Lipinski definition) is 1. The topological polar surface area (TPSA) is 32.3 Å². The molecule has 1 N–H and O–H groups in total. The van der Waals surface area contributed by atoms with E-state index in [0.717, 1.165) is 31.4 Å². The fourth-order valence-electron chi connectivity index (χ4n) is 2.59. The number of halogens is 3. The summed E-state index contributed by atoms with van der Waals surface area (Å²) in [5.74, 6) is 0.277. The zero-order valence-electron chi connectivity index (χ0n) is 12.8. The highest BCUT2D eigenvalue weighted by Gasteiger charge is 2.29. The number of allylic oxidation sites excluding steroid dienone is 1. The minimum absolute atomic E-state index is 0.0874. The lowest BCUT2D eigenvalue weighted by Crippen LogP contribution is -2.38. The quantitative estimate of drug-likeness (QED) is 0.765. The van der Waals surface area contributed by atoms with E-state index in [1.807, 2.05) is 18.7 Å². The molecule has 0 bridgehead atoms. The van der Waals surface area contributed by atoms with Crippen LogP contribution >= 0.6 is 0 Å². The molecular weight excluding hydrogens is 281 g/mol. The van der Waals surface area contributed by atoms with Crippen LogP contribution in [-0.2, 0) is 4.79 Å². The SMILES string of the molecule is CC(C)=CC(=O)NCC[C@H]1CCCN(CCC(F)(F)F)C1. The number of carbonyl (C=O) groups is 1. The second-order valence-electron chi connectivity index (χ2n) is 5.98. The van der Waals surface area contributed by atoms with Crippen molar-refractivity contribution in [3.05, 3.63) is 11.6 Å². The average Bonchev–Trinajstić information content (AvgIpc) is 2.35. The van der Waals surface area contributed by atoms with E-state index in [1.54, 1.807) is 6.08 Å². The van der Waals surface area contributed by atoms with Crippen LogP contribution in [0.4, 0.5) is 13.2 Å². The van der Waals surface area contributed by atoms with Crippen molar-refractivity contribution in [2.24, 2.45) is 5.92 Å². The molecule has 1 heterocycles. The molecule has 6 heteroatoms. The lowest BCUT2D eigenvalue weighted by Gasteiger charge is -2.33. The summed E-state index contributed by atoms with van der Waals surface area (Å²) in [6.07, 6.45) is -0.477. The lowest BCUT2D eigenvalue weighted by atomic mass is 9.94. The van der Waals surface area contributed by atoms with Gasteiger partial charge in [-0.3, -0.25) is 4.79 Å². The molecule has 1 amide bonds. The van der Waals surface area contributed by atoms with Crippen LogP contribution in [0.3, 0.4) is 0 Å². The highest BCUT2D eigenvalue weighted by molar-refractivity contribution is 5.87. The second kappa shape index (κ2) is 8.41. The molecule has 0 aromatic rings. The van der Waals surface area contributed by atoms with E-state index in [1.165, 1.54) is 0 Å². The van der Waals surface area contributed by atoms with E-state index in [2.05, 4.69) is 5.32 Å². The Kier molecular flexibility index (Phi) is 7.22. The molecule has 0 aromatic heterocycles. The van der Waals surface area contributed by atoms with Crippen LogP contribution in [0.1, 0.15) is 39.5 Å². The Morgan fingerprint density at radius 2 is 2.10 bits per heavy atom. The molecule has 1 rings (SSSR count). The molecule has 1 aliphatic heterocycles. The lowest BCUT2D eigenvalue weighted by molar-refractivity contribution is -0.138. The van der Waals surface area contributed by atoms with Gasteiger partial charge in [0.1, 0.15) is 0 Å². The molecule has 1 saturated heterocycles. The van der Waals surface area contributed by atoms with Crippen LogP contribution in [0.2, 0.25) is 0 Å². The minimum Gasteiger partial charge on any atom is -0.353 e. The summed E-state index contributed by atoms with van der Waals surface area (Å²) in [5.41, 5.74) is 0.948. The van der Waals surface area contributed by atoms with Crippen LogP contribution in [-0.4, -0.2) is 43.2 Å². The Balaban J connectivity index is 2.24. The fourth-order valence-corrected chi connectivity index (χ4v) is 2.59. The normalized spacial score (nSPS) is 20.1. The van der Waals surface area contributed by atoms with Crippen LogP contribution in [0, 0.1) is 5.92 Å². The molecular formula is C15H25F3N2O. The van der Waals surface area contributed by atoms with Crippen molar-refractivity contribution in [3.8, 4) is 0 Å². The van der Waals surface area contributed by atoms with E-state index in [-0.39, 0.29) is 12.5 Å². The van der Waals surface area contributed by atoms with E-state index >= 15 is 0 Å². The molecule has 21 heavy (non-hydrogen) atoms. The van der Waals surface area contributed by atoms with Crippen LogP contribution in [0.5, 0.6) is 0 Å². The second-order valence-corrected chi connectivity index (χ2v) is 5.98. The standard InChI is InChI=1S/C15H25F3N2O/c1-12(2)10-14(21)19-7-5-13-4-3-8-20(11-13)9-6-15(16,17)18/h10,13H,3-9,11H2,1-2H3,(H,19,21)/t13-/m1/s1. The summed E-state index contributed by atoms with van der Waals surface area (Å²) in [7, 11) is 0. The predicted octanol–water partition coefficient (Wildman–Crippen LogP) is 3.12. The largest absolute Gasteiger partial charge is 0.390 e. The number of hydrogen-bond acceptors (Lipinski definition) is 2. The highest BCUT2D eigenvalue weighted by Crippen LogP contribution is 2.23. The van der Waals surface area contributed by atoms with Crippen LogP contribution in [0.15, 0.2) is 11.6 Å². The third-order valence-electron chi connectivity index (χ3n) is 3.59. The van der Waals surface area contributed by atoms with Gasteiger partial charge in [-0.15, -0.1) is 0 Å². The first-order valence-electron chi connectivity index (χ1n) is 7.48. The monoisotopic (exact) mass is 306 g/mol. The minimum atomic E-state index is -4.08. The number of carbonyl (C=O) groups excluding carboxylic acids is 1. The van der Waals surface area contributed by atoms with Gasteiger partial charge in [-0.25, -0.2) is 0 Å². The van der Waals surface area contributed by atoms with Crippen molar-refractivity contribution in [2.75, 3.05) is 26.2 Å². The van der Waals surface area contributed by atoms with Crippen molar-refractivity contribution in [3.63, 3.8) is 0 Å². The zero-order chi connectivity index (χ0) is 15.9. The Labute approximate surface area is 124 Å². The van der Waals surface area contributed by atoms with E-state index < -0.39 is 12.6 Å². The summed E-state index contributed by atoms with van der Waals surface area (Å²) in [5, 5.41) is 2.82. The Morgan fingerprint density at radius 1 is 1.38 bits per heavy atom. The van der Waals surface area contributed by atoms with Crippen molar-refractivity contribution in [1.29, 1.82) is 0 Å². The summed E-state index contributed by atoms with van der Waals surface area (Å²) in [6, 6.07) is 0. The van der Waals surface area contributed by atoms with Gasteiger partial charge in [-0.2, -0.15) is 13.2 Å². The molecule has 1 aliphatic rings. The molecule has 3 nitrogen and oxygen atoms in total. The Bertz CT molecular complexity index is 362. The first-order chi connectivity index (χ1) is 9.76. The number of amides is 1. The van der Waals surface area contributed by atoms with E-state index in [0.29, 0.717) is 19.0 Å². The van der Waals surface area contributed by atoms with Crippen molar-refractivity contribution >= 4 is 5.91 Å². The fraction of sp³-hybridized carbons (Fsp3) is 0.800. The molecule has 122 valence electrons. The van der Waals surface area contributed by atoms with Gasteiger partial charge in [0.05, 0.1) is 6.42 Å². The van der Waals surface area contributed by atoms with Crippen molar-refractivity contribution in [1.82, 2.24) is 10.2 Å². The maximum Gasteiger partial charge on any atom is 0.390 e. The first kappa shape index (κ1) is 18.0. The number of piperidine rings is 1. The maximum atomic E-state index is 12.2. The van der Waals surface area contributed by atoms with Crippen LogP contribution < -0.4 is 5.32 Å². The highest BCUT2D eigenvalue weighted by atomic mass is 19.4. The molecule has 0 saturated carbocycles. The molecule has 1 atom stereocenters. The van der Waals surface area contributed by atoms with Gasteiger partial charge in [0, 0.05) is 25.7 Å². The van der Waals surface area contributed by atoms with E-state index in [9.17, 15) is 18.0 Å². The molecule has 1 fully saturated rings. The van der Waals surface area contributed by atoms with Gasteiger partial charge in [-0.1, -0.05) is 5.57 Å². The molecule has 0 radical (unpaired) electrons. The summed E-state index contributed by atoms with van der Waals surface area (Å²) in [6.45, 7) is 5.84. The summed E-state index contributed by atoms with van der Waals surface area (Å²) >= 11 is 0. The number of nitrogens with one attached hydrogen (secondary N) is 1.